The summed E-state index contributed by atoms with van der Waals surface area (Å²) in [6.07, 6.45) is 2.40. The first-order chi connectivity index (χ1) is 3.80. The molecule has 0 amide bonds. The van der Waals surface area contributed by atoms with Gasteiger partial charge < -0.3 is 5.21 Å². The standard InChI is InChI=1S/C5H5N2O/c1-5-3-2-4-6-7(5)8/h2-3H,1H3. The molecule has 0 N–H and O–H groups in total. The van der Waals surface area contributed by atoms with Gasteiger partial charge in [0.05, 0.1) is 0 Å². The van der Waals surface area contributed by atoms with Crippen molar-refractivity contribution in [3.05, 3.63) is 29.2 Å². The zero-order valence-corrected chi connectivity index (χ0v) is 4.46. The predicted molar refractivity (Wildman–Crippen MR) is 26.8 cm³/mol. The Bertz CT molecular complexity index is 167. The maximum atomic E-state index is 10.4. The Balaban J connectivity index is 3.13. The monoisotopic (exact) mass is 109 g/mol. The van der Waals surface area contributed by atoms with Crippen molar-refractivity contribution in [2.75, 3.05) is 0 Å². The van der Waals surface area contributed by atoms with Gasteiger partial charge in [-0.15, -0.1) is 0 Å². The van der Waals surface area contributed by atoms with Gasteiger partial charge in [-0.1, -0.05) is 4.85 Å². The Morgan fingerprint density at radius 1 is 1.88 bits per heavy atom. The van der Waals surface area contributed by atoms with Crippen LogP contribution in [0.5, 0.6) is 0 Å². The highest BCUT2D eigenvalue weighted by atomic mass is 16.5. The van der Waals surface area contributed by atoms with E-state index >= 15 is 0 Å². The van der Waals surface area contributed by atoms with Gasteiger partial charge >= 0.3 is 0 Å². The highest BCUT2D eigenvalue weighted by Crippen LogP contribution is 1.80. The first kappa shape index (κ1) is 5.03. The molecule has 41 valence electrons. The van der Waals surface area contributed by atoms with E-state index in [1.807, 2.05) is 0 Å². The normalized spacial score (nSPS) is 9.12. The molecular weight excluding hydrogens is 104 g/mol. The zero-order chi connectivity index (χ0) is 5.98. The maximum Gasteiger partial charge on any atom is 0.218 e. The number of aryl methyl sites for hydroxylation is 1. The van der Waals surface area contributed by atoms with Crippen molar-refractivity contribution in [3.8, 4) is 0 Å². The topological polar surface area (TPSA) is 39.8 Å². The van der Waals surface area contributed by atoms with Crippen LogP contribution in [-0.4, -0.2) is 5.10 Å². The fraction of sp³-hybridized carbons (Fsp3) is 0.200. The molecule has 3 nitrogen and oxygen atoms in total. The SMILES string of the molecule is Cc1cc[c]n[n+]1[O-]. The molecule has 0 unspecified atom stereocenters. The molecule has 1 radical (unpaired) electrons. The van der Waals surface area contributed by atoms with Crippen LogP contribution in [-0.2, 0) is 0 Å². The number of rotatable bonds is 0. The van der Waals surface area contributed by atoms with Crippen LogP contribution in [0.25, 0.3) is 0 Å². The van der Waals surface area contributed by atoms with Crippen molar-refractivity contribution in [2.24, 2.45) is 0 Å². The fourth-order valence-corrected chi connectivity index (χ4v) is 0.386. The van der Waals surface area contributed by atoms with Gasteiger partial charge in [0, 0.05) is 18.1 Å². The smallest absolute Gasteiger partial charge is 0.218 e. The maximum absolute atomic E-state index is 10.4. The average molecular weight is 109 g/mol. The summed E-state index contributed by atoms with van der Waals surface area (Å²) in [5.74, 6) is 0. The number of nitrogens with zero attached hydrogens (tertiary/aromatic N) is 2. The first-order valence-electron chi connectivity index (χ1n) is 2.24. The van der Waals surface area contributed by atoms with Crippen molar-refractivity contribution < 1.29 is 4.85 Å². The van der Waals surface area contributed by atoms with Crippen molar-refractivity contribution in [1.29, 1.82) is 0 Å². The van der Waals surface area contributed by atoms with Crippen LogP contribution < -0.4 is 4.85 Å². The van der Waals surface area contributed by atoms with Crippen molar-refractivity contribution in [2.45, 2.75) is 6.92 Å². The molecule has 1 aromatic rings. The Morgan fingerprint density at radius 3 is 3.00 bits per heavy atom. The van der Waals surface area contributed by atoms with Gasteiger partial charge in [-0.05, 0) is 6.07 Å². The Labute approximate surface area is 47.2 Å². The van der Waals surface area contributed by atoms with Gasteiger partial charge in [-0.25, -0.2) is 0 Å². The molecular formula is C5H5N2O. The molecule has 0 spiro atoms. The number of hydrogen-bond donors (Lipinski definition) is 0. The van der Waals surface area contributed by atoms with Crippen LogP contribution in [0.3, 0.4) is 0 Å². The van der Waals surface area contributed by atoms with Gasteiger partial charge in [0.1, 0.15) is 0 Å². The highest BCUT2D eigenvalue weighted by molar-refractivity contribution is 4.88. The molecule has 1 aromatic heterocycles. The minimum absolute atomic E-state index is 0.528. The highest BCUT2D eigenvalue weighted by Gasteiger charge is 1.92. The second-order valence-corrected chi connectivity index (χ2v) is 1.48. The third-order valence-electron chi connectivity index (χ3n) is 0.849. The lowest BCUT2D eigenvalue weighted by Gasteiger charge is -1.91. The van der Waals surface area contributed by atoms with E-state index in [0.29, 0.717) is 10.5 Å². The summed E-state index contributed by atoms with van der Waals surface area (Å²) >= 11 is 0. The third-order valence-corrected chi connectivity index (χ3v) is 0.849. The molecule has 0 aromatic carbocycles. The average Bonchev–Trinajstić information content (AvgIpc) is 1.77. The second kappa shape index (κ2) is 1.78. The lowest BCUT2D eigenvalue weighted by Crippen LogP contribution is -2.33. The van der Waals surface area contributed by atoms with Crippen molar-refractivity contribution in [3.63, 3.8) is 0 Å². The predicted octanol–water partition coefficient (Wildman–Crippen LogP) is -0.176. The van der Waals surface area contributed by atoms with Crippen LogP contribution in [0.1, 0.15) is 5.69 Å². The summed E-state index contributed by atoms with van der Waals surface area (Å²) < 4.78 is 0. The summed E-state index contributed by atoms with van der Waals surface area (Å²) in [6, 6.07) is 3.25. The second-order valence-electron chi connectivity index (χ2n) is 1.48. The van der Waals surface area contributed by atoms with Crippen LogP contribution in [0.15, 0.2) is 12.1 Å². The van der Waals surface area contributed by atoms with E-state index in [1.165, 1.54) is 0 Å². The van der Waals surface area contributed by atoms with Crippen LogP contribution in [0, 0.1) is 18.3 Å². The van der Waals surface area contributed by atoms with E-state index in [1.54, 1.807) is 19.1 Å². The zero-order valence-electron chi connectivity index (χ0n) is 4.46. The minimum atomic E-state index is 0.528. The lowest BCUT2D eigenvalue weighted by molar-refractivity contribution is -0.675. The Morgan fingerprint density at radius 2 is 2.62 bits per heavy atom. The fourth-order valence-electron chi connectivity index (χ4n) is 0.386. The molecule has 0 saturated carbocycles. The Kier molecular flexibility index (Phi) is 1.12. The van der Waals surface area contributed by atoms with Gasteiger partial charge in [0.2, 0.25) is 5.69 Å². The molecule has 0 saturated heterocycles. The molecule has 0 aliphatic carbocycles. The number of hydrogen-bond acceptors (Lipinski definition) is 2. The Hall–Kier alpha value is -1.12. The third kappa shape index (κ3) is 0.753. The molecule has 0 aliphatic rings. The van der Waals surface area contributed by atoms with E-state index in [4.69, 9.17) is 0 Å². The first-order valence-corrected chi connectivity index (χ1v) is 2.24. The van der Waals surface area contributed by atoms with E-state index in [-0.39, 0.29) is 0 Å². The largest absolute Gasteiger partial charge is 0.594 e. The molecule has 3 heteroatoms. The van der Waals surface area contributed by atoms with E-state index in [9.17, 15) is 5.21 Å². The molecule has 0 atom stereocenters. The molecule has 8 heavy (non-hydrogen) atoms. The minimum Gasteiger partial charge on any atom is -0.594 e. The molecule has 1 rings (SSSR count). The van der Waals surface area contributed by atoms with E-state index in [2.05, 4.69) is 11.3 Å². The quantitative estimate of drug-likeness (QED) is 0.342. The van der Waals surface area contributed by atoms with Crippen LogP contribution in [0.4, 0.5) is 0 Å². The molecule has 0 fully saturated rings. The van der Waals surface area contributed by atoms with E-state index < -0.39 is 0 Å². The van der Waals surface area contributed by atoms with Crippen molar-refractivity contribution >= 4 is 0 Å². The summed E-state index contributed by atoms with van der Waals surface area (Å²) in [4.78, 5) is 0.528. The van der Waals surface area contributed by atoms with Gasteiger partial charge in [-0.2, -0.15) is 0 Å². The van der Waals surface area contributed by atoms with Crippen molar-refractivity contribution in [1.82, 2.24) is 5.10 Å². The summed E-state index contributed by atoms with van der Waals surface area (Å²) in [5.41, 5.74) is 0.587. The summed E-state index contributed by atoms with van der Waals surface area (Å²) in [7, 11) is 0. The summed E-state index contributed by atoms with van der Waals surface area (Å²) in [6.45, 7) is 1.69. The van der Waals surface area contributed by atoms with Crippen LogP contribution >= 0.6 is 0 Å². The molecule has 0 bridgehead atoms. The summed E-state index contributed by atoms with van der Waals surface area (Å²) in [5, 5.41) is 13.7. The lowest BCUT2D eigenvalue weighted by atomic mass is 10.4. The molecule has 0 aliphatic heterocycles. The number of aromatic nitrogens is 2. The van der Waals surface area contributed by atoms with Gasteiger partial charge in [0.15, 0.2) is 6.20 Å². The van der Waals surface area contributed by atoms with Crippen LogP contribution in [0.2, 0.25) is 0 Å². The van der Waals surface area contributed by atoms with E-state index in [0.717, 1.165) is 0 Å². The van der Waals surface area contributed by atoms with Gasteiger partial charge in [0.25, 0.3) is 0 Å². The molecule has 1 heterocycles. The van der Waals surface area contributed by atoms with Gasteiger partial charge in [-0.3, -0.25) is 0 Å².